The molecule has 0 amide bonds. The van der Waals surface area contributed by atoms with Crippen LogP contribution in [0.2, 0.25) is 0 Å². The van der Waals surface area contributed by atoms with Crippen LogP contribution in [0.4, 0.5) is 5.82 Å². The number of hydrogen-bond donors (Lipinski definition) is 1. The van der Waals surface area contributed by atoms with E-state index in [1.54, 1.807) is 48.5 Å². The number of nitrogens with one attached hydrogen (secondary N) is 1. The molecule has 0 saturated carbocycles. The Balaban J connectivity index is 1.42. The second-order valence-electron chi connectivity index (χ2n) is 10.1. The predicted octanol–water partition coefficient (Wildman–Crippen LogP) is 3.72. The van der Waals surface area contributed by atoms with Gasteiger partial charge in [-0.2, -0.15) is 4.37 Å². The molecule has 1 N–H and O–H groups in total. The van der Waals surface area contributed by atoms with Gasteiger partial charge in [0.2, 0.25) is 5.82 Å². The van der Waals surface area contributed by atoms with E-state index < -0.39 is 18.0 Å². The summed E-state index contributed by atoms with van der Waals surface area (Å²) in [6, 6.07) is 15.6. The van der Waals surface area contributed by atoms with Crippen molar-refractivity contribution in [1.29, 1.82) is 0 Å². The minimum atomic E-state index is -0.615. The summed E-state index contributed by atoms with van der Waals surface area (Å²) in [4.78, 5) is 27.8. The van der Waals surface area contributed by atoms with Gasteiger partial charge in [-0.25, -0.2) is 9.59 Å². The Kier molecular flexibility index (Phi) is 9.85. The van der Waals surface area contributed by atoms with E-state index in [-0.39, 0.29) is 18.8 Å². The van der Waals surface area contributed by atoms with Gasteiger partial charge in [0.05, 0.1) is 36.1 Å². The maximum absolute atomic E-state index is 13.3. The lowest BCUT2D eigenvalue weighted by molar-refractivity contribution is 0.0151. The highest BCUT2D eigenvalue weighted by atomic mass is 32.1. The van der Waals surface area contributed by atoms with Gasteiger partial charge in [0.25, 0.3) is 5.88 Å². The molecule has 3 aromatic rings. The standard InChI is InChI=1S/C28H34N4O6S/c1-28(2,3)29-17-22(19-36-25-24(30-39-31-25)32-13-15-35-16-14-32)38-27(34)23-12-8-7-11-21(23)18-37-26(33)20-9-5-4-6-10-20/h4-12,22,29H,13-19H2,1-3H3/t22-/m0/s1. The van der Waals surface area contributed by atoms with E-state index in [0.29, 0.717) is 61.2 Å². The lowest BCUT2D eigenvalue weighted by Crippen LogP contribution is -2.44. The van der Waals surface area contributed by atoms with E-state index in [0.717, 1.165) is 11.7 Å². The summed E-state index contributed by atoms with van der Waals surface area (Å²) in [6.45, 7) is 9.13. The Hall–Kier alpha value is -3.54. The molecule has 2 aromatic carbocycles. The van der Waals surface area contributed by atoms with Gasteiger partial charge in [-0.3, -0.25) is 0 Å². The number of aromatic nitrogens is 2. The molecule has 1 atom stereocenters. The van der Waals surface area contributed by atoms with E-state index in [9.17, 15) is 9.59 Å². The van der Waals surface area contributed by atoms with Crippen molar-refractivity contribution in [3.8, 4) is 5.88 Å². The van der Waals surface area contributed by atoms with Crippen molar-refractivity contribution in [3.05, 3.63) is 71.3 Å². The van der Waals surface area contributed by atoms with Gasteiger partial charge in [0.1, 0.15) is 19.3 Å². The molecule has 0 unspecified atom stereocenters. The Labute approximate surface area is 232 Å². The monoisotopic (exact) mass is 554 g/mol. The average molecular weight is 555 g/mol. The van der Waals surface area contributed by atoms with Gasteiger partial charge in [0, 0.05) is 30.7 Å². The number of carbonyl (C=O) groups excluding carboxylic acids is 2. The number of rotatable bonds is 11. The predicted molar refractivity (Wildman–Crippen MR) is 147 cm³/mol. The SMILES string of the molecule is CC(C)(C)NC[C@@H](COc1nsnc1N1CCOCC1)OC(=O)c1ccccc1COC(=O)c1ccccc1. The highest BCUT2D eigenvalue weighted by Gasteiger charge is 2.25. The Morgan fingerprint density at radius 2 is 1.74 bits per heavy atom. The van der Waals surface area contributed by atoms with E-state index in [4.69, 9.17) is 18.9 Å². The van der Waals surface area contributed by atoms with Crippen LogP contribution in [0.25, 0.3) is 0 Å². The molecule has 1 saturated heterocycles. The molecule has 1 fully saturated rings. The van der Waals surface area contributed by atoms with Crippen molar-refractivity contribution in [2.45, 2.75) is 39.0 Å². The zero-order valence-corrected chi connectivity index (χ0v) is 23.2. The fourth-order valence-corrected chi connectivity index (χ4v) is 4.34. The first-order valence-electron chi connectivity index (χ1n) is 12.8. The summed E-state index contributed by atoms with van der Waals surface area (Å²) in [5.41, 5.74) is 1.11. The number of anilines is 1. The number of morpholine rings is 1. The Morgan fingerprint density at radius 3 is 2.49 bits per heavy atom. The van der Waals surface area contributed by atoms with E-state index >= 15 is 0 Å². The van der Waals surface area contributed by atoms with Crippen LogP contribution in [-0.2, 0) is 20.8 Å². The largest absolute Gasteiger partial charge is 0.470 e. The lowest BCUT2D eigenvalue weighted by atomic mass is 10.1. The van der Waals surface area contributed by atoms with Gasteiger partial charge in [-0.15, -0.1) is 4.37 Å². The fourth-order valence-electron chi connectivity index (χ4n) is 3.82. The minimum Gasteiger partial charge on any atom is -0.470 e. The Morgan fingerprint density at radius 1 is 1.03 bits per heavy atom. The number of hydrogen-bond acceptors (Lipinski definition) is 11. The molecule has 1 aliphatic heterocycles. The molecule has 10 nitrogen and oxygen atoms in total. The third-order valence-corrected chi connectivity index (χ3v) is 6.40. The van der Waals surface area contributed by atoms with Crippen LogP contribution in [0.3, 0.4) is 0 Å². The smallest absolute Gasteiger partial charge is 0.338 e. The first-order valence-corrected chi connectivity index (χ1v) is 13.6. The van der Waals surface area contributed by atoms with E-state index in [1.165, 1.54) is 0 Å². The molecule has 39 heavy (non-hydrogen) atoms. The topological polar surface area (TPSA) is 112 Å². The summed E-state index contributed by atoms with van der Waals surface area (Å²) >= 11 is 1.08. The van der Waals surface area contributed by atoms with Crippen LogP contribution >= 0.6 is 11.7 Å². The second kappa shape index (κ2) is 13.5. The second-order valence-corrected chi connectivity index (χ2v) is 10.6. The maximum Gasteiger partial charge on any atom is 0.338 e. The normalized spacial score (nSPS) is 14.5. The first-order chi connectivity index (χ1) is 18.8. The number of nitrogens with zero attached hydrogens (tertiary/aromatic N) is 3. The zero-order valence-electron chi connectivity index (χ0n) is 22.4. The van der Waals surface area contributed by atoms with Gasteiger partial charge in [0.15, 0.2) is 0 Å². The van der Waals surface area contributed by atoms with Crippen LogP contribution in [0, 0.1) is 0 Å². The van der Waals surface area contributed by atoms with Crippen LogP contribution in [0.5, 0.6) is 5.88 Å². The summed E-state index contributed by atoms with van der Waals surface area (Å²) in [5, 5.41) is 3.37. The van der Waals surface area contributed by atoms with Crippen molar-refractivity contribution in [1.82, 2.24) is 14.1 Å². The molecule has 1 aromatic heterocycles. The molecule has 0 radical (unpaired) electrons. The van der Waals surface area contributed by atoms with Crippen molar-refractivity contribution in [3.63, 3.8) is 0 Å². The van der Waals surface area contributed by atoms with E-state index in [1.807, 2.05) is 26.8 Å². The summed E-state index contributed by atoms with van der Waals surface area (Å²) in [5.74, 6) is 0.0810. The number of ether oxygens (including phenoxy) is 4. The number of carbonyl (C=O) groups is 2. The molecular formula is C28H34N4O6S. The molecule has 11 heteroatoms. The van der Waals surface area contributed by atoms with Crippen molar-refractivity contribution >= 4 is 29.5 Å². The van der Waals surface area contributed by atoms with Crippen LogP contribution < -0.4 is 15.0 Å². The summed E-state index contributed by atoms with van der Waals surface area (Å²) in [7, 11) is 0. The molecule has 4 rings (SSSR count). The number of benzene rings is 2. The molecular weight excluding hydrogens is 520 g/mol. The fraction of sp³-hybridized carbons (Fsp3) is 0.429. The third-order valence-electron chi connectivity index (χ3n) is 5.90. The van der Waals surface area contributed by atoms with Crippen molar-refractivity contribution < 1.29 is 28.5 Å². The molecule has 0 aliphatic carbocycles. The van der Waals surface area contributed by atoms with Gasteiger partial charge in [-0.1, -0.05) is 36.4 Å². The highest BCUT2D eigenvalue weighted by Crippen LogP contribution is 2.26. The molecule has 0 spiro atoms. The van der Waals surface area contributed by atoms with Gasteiger partial charge in [-0.05, 0) is 39.0 Å². The summed E-state index contributed by atoms with van der Waals surface area (Å²) < 4.78 is 31.5. The first kappa shape index (κ1) is 28.5. The molecule has 1 aliphatic rings. The van der Waals surface area contributed by atoms with Crippen molar-refractivity contribution in [2.24, 2.45) is 0 Å². The maximum atomic E-state index is 13.3. The highest BCUT2D eigenvalue weighted by molar-refractivity contribution is 6.99. The molecule has 2 heterocycles. The van der Waals surface area contributed by atoms with E-state index in [2.05, 4.69) is 19.0 Å². The quantitative estimate of drug-likeness (QED) is 0.352. The van der Waals surface area contributed by atoms with Gasteiger partial charge < -0.3 is 29.2 Å². The van der Waals surface area contributed by atoms with Crippen molar-refractivity contribution in [2.75, 3.05) is 44.4 Å². The summed E-state index contributed by atoms with van der Waals surface area (Å²) in [6.07, 6.45) is -0.615. The van der Waals surface area contributed by atoms with Crippen LogP contribution in [0.15, 0.2) is 54.6 Å². The minimum absolute atomic E-state index is 0.0617. The third kappa shape index (κ3) is 8.47. The van der Waals surface area contributed by atoms with Crippen LogP contribution in [-0.4, -0.2) is 71.8 Å². The molecule has 0 bridgehead atoms. The molecule has 208 valence electrons. The average Bonchev–Trinajstić information content (AvgIpc) is 3.42. The van der Waals surface area contributed by atoms with Gasteiger partial charge >= 0.3 is 11.9 Å². The Bertz CT molecular complexity index is 1220. The number of esters is 2. The lowest BCUT2D eigenvalue weighted by Gasteiger charge is -2.27. The van der Waals surface area contributed by atoms with Crippen LogP contribution in [0.1, 0.15) is 47.1 Å². The zero-order chi connectivity index (χ0) is 27.7.